The molecule has 2 amide bonds. The summed E-state index contributed by atoms with van der Waals surface area (Å²) >= 11 is 1.69. The molecule has 0 aliphatic carbocycles. The summed E-state index contributed by atoms with van der Waals surface area (Å²) in [6.45, 7) is 3.04. The molecule has 5 nitrogen and oxygen atoms in total. The molecule has 0 aromatic rings. The van der Waals surface area contributed by atoms with Crippen LogP contribution in [0.25, 0.3) is 0 Å². The van der Waals surface area contributed by atoms with E-state index in [0.717, 1.165) is 5.75 Å². The molecular formula is C11H20N2O3S. The lowest BCUT2D eigenvalue weighted by molar-refractivity contribution is -0.143. The molecule has 0 radical (unpaired) electrons. The van der Waals surface area contributed by atoms with Crippen molar-refractivity contribution < 1.29 is 14.7 Å². The molecule has 1 rings (SSSR count). The summed E-state index contributed by atoms with van der Waals surface area (Å²) in [5.74, 6) is -0.152. The summed E-state index contributed by atoms with van der Waals surface area (Å²) < 4.78 is 0. The highest BCUT2D eigenvalue weighted by molar-refractivity contribution is 7.98. The van der Waals surface area contributed by atoms with E-state index in [0.29, 0.717) is 25.9 Å². The van der Waals surface area contributed by atoms with Gasteiger partial charge >= 0.3 is 12.0 Å². The Balaban J connectivity index is 2.33. The minimum Gasteiger partial charge on any atom is -0.481 e. The van der Waals surface area contributed by atoms with E-state index >= 15 is 0 Å². The van der Waals surface area contributed by atoms with Crippen molar-refractivity contribution >= 4 is 23.8 Å². The van der Waals surface area contributed by atoms with Crippen molar-refractivity contribution in [2.24, 2.45) is 5.92 Å². The van der Waals surface area contributed by atoms with Crippen LogP contribution in [0.1, 0.15) is 19.8 Å². The zero-order chi connectivity index (χ0) is 12.8. The third-order valence-corrected chi connectivity index (χ3v) is 3.75. The van der Waals surface area contributed by atoms with Crippen LogP contribution in [0.4, 0.5) is 4.79 Å². The third-order valence-electron chi connectivity index (χ3n) is 2.92. The SMILES string of the molecule is CSCC(C)NC(=O)N1CCC(C(=O)O)CC1. The molecule has 1 saturated heterocycles. The van der Waals surface area contributed by atoms with E-state index < -0.39 is 5.97 Å². The first-order chi connectivity index (χ1) is 8.04. The van der Waals surface area contributed by atoms with Crippen LogP contribution < -0.4 is 5.32 Å². The first-order valence-corrected chi connectivity index (χ1v) is 7.21. The monoisotopic (exact) mass is 260 g/mol. The predicted molar refractivity (Wildman–Crippen MR) is 68.3 cm³/mol. The van der Waals surface area contributed by atoms with Gasteiger partial charge in [-0.25, -0.2) is 4.79 Å². The quantitative estimate of drug-likeness (QED) is 0.798. The van der Waals surface area contributed by atoms with Crippen LogP contribution in [0.3, 0.4) is 0 Å². The second-order valence-electron chi connectivity index (χ2n) is 4.41. The Kier molecular flexibility index (Phi) is 5.61. The van der Waals surface area contributed by atoms with Gasteiger partial charge in [-0.2, -0.15) is 11.8 Å². The smallest absolute Gasteiger partial charge is 0.317 e. The summed E-state index contributed by atoms with van der Waals surface area (Å²) in [6, 6.07) is 0.0742. The van der Waals surface area contributed by atoms with E-state index in [1.807, 2.05) is 13.2 Å². The van der Waals surface area contributed by atoms with Crippen LogP contribution in [-0.2, 0) is 4.79 Å². The summed E-state index contributed by atoms with van der Waals surface area (Å²) in [4.78, 5) is 24.3. The van der Waals surface area contributed by atoms with E-state index in [1.165, 1.54) is 0 Å². The van der Waals surface area contributed by atoms with Crippen molar-refractivity contribution in [2.75, 3.05) is 25.1 Å². The standard InChI is InChI=1S/C11H20N2O3S/c1-8(7-17-2)12-11(16)13-5-3-9(4-6-13)10(14)15/h8-9H,3-7H2,1-2H3,(H,12,16)(H,14,15). The Hall–Kier alpha value is -0.910. The number of amides is 2. The minimum atomic E-state index is -0.749. The molecule has 0 aromatic heterocycles. The molecular weight excluding hydrogens is 240 g/mol. The first kappa shape index (κ1) is 14.2. The molecule has 1 aliphatic heterocycles. The lowest BCUT2D eigenvalue weighted by Crippen LogP contribution is -2.48. The van der Waals surface area contributed by atoms with Crippen molar-refractivity contribution in [2.45, 2.75) is 25.8 Å². The molecule has 1 fully saturated rings. The number of urea groups is 1. The highest BCUT2D eigenvalue weighted by atomic mass is 32.2. The average Bonchev–Trinajstić information content (AvgIpc) is 2.29. The van der Waals surface area contributed by atoms with E-state index in [4.69, 9.17) is 5.11 Å². The predicted octanol–water partition coefficient (Wildman–Crippen LogP) is 1.24. The Morgan fingerprint density at radius 2 is 2.06 bits per heavy atom. The van der Waals surface area contributed by atoms with Gasteiger partial charge in [0.2, 0.25) is 0 Å². The molecule has 1 heterocycles. The molecule has 98 valence electrons. The van der Waals surface area contributed by atoms with Crippen LogP contribution in [0, 0.1) is 5.92 Å². The van der Waals surface area contributed by atoms with Gasteiger partial charge in [0.05, 0.1) is 5.92 Å². The number of carboxylic acids is 1. The van der Waals surface area contributed by atoms with E-state index in [9.17, 15) is 9.59 Å². The second-order valence-corrected chi connectivity index (χ2v) is 5.32. The summed E-state index contributed by atoms with van der Waals surface area (Å²) in [5.41, 5.74) is 0. The molecule has 1 atom stereocenters. The van der Waals surface area contributed by atoms with Gasteiger partial charge in [0, 0.05) is 24.9 Å². The molecule has 0 spiro atoms. The third kappa shape index (κ3) is 4.46. The average molecular weight is 260 g/mol. The number of aliphatic carboxylic acids is 1. The lowest BCUT2D eigenvalue weighted by Gasteiger charge is -2.31. The summed E-state index contributed by atoms with van der Waals surface area (Å²) in [5, 5.41) is 11.8. The maximum absolute atomic E-state index is 11.8. The van der Waals surface area contributed by atoms with Gasteiger partial charge in [0.25, 0.3) is 0 Å². The van der Waals surface area contributed by atoms with Gasteiger partial charge in [0.1, 0.15) is 0 Å². The highest BCUT2D eigenvalue weighted by Crippen LogP contribution is 2.17. The number of carbonyl (C=O) groups is 2. The number of carbonyl (C=O) groups excluding carboxylic acids is 1. The van der Waals surface area contributed by atoms with E-state index in [2.05, 4.69) is 5.32 Å². The Labute approximate surface area is 106 Å². The zero-order valence-corrected chi connectivity index (χ0v) is 11.1. The van der Waals surface area contributed by atoms with Crippen molar-refractivity contribution in [1.29, 1.82) is 0 Å². The molecule has 0 bridgehead atoms. The number of likely N-dealkylation sites (tertiary alicyclic amines) is 1. The number of nitrogens with zero attached hydrogens (tertiary/aromatic N) is 1. The second kappa shape index (κ2) is 6.74. The van der Waals surface area contributed by atoms with Gasteiger partial charge < -0.3 is 15.3 Å². The van der Waals surface area contributed by atoms with Crippen LogP contribution in [0.5, 0.6) is 0 Å². The highest BCUT2D eigenvalue weighted by Gasteiger charge is 2.27. The molecule has 2 N–H and O–H groups in total. The lowest BCUT2D eigenvalue weighted by atomic mass is 9.97. The molecule has 0 aromatic carbocycles. The maximum Gasteiger partial charge on any atom is 0.317 e. The van der Waals surface area contributed by atoms with Gasteiger partial charge in [-0.05, 0) is 26.0 Å². The Morgan fingerprint density at radius 1 is 1.47 bits per heavy atom. The van der Waals surface area contributed by atoms with E-state index in [-0.39, 0.29) is 18.0 Å². The van der Waals surface area contributed by atoms with Gasteiger partial charge in [-0.3, -0.25) is 4.79 Å². The fraction of sp³-hybridized carbons (Fsp3) is 0.818. The fourth-order valence-corrected chi connectivity index (χ4v) is 2.51. The molecule has 1 unspecified atom stereocenters. The Morgan fingerprint density at radius 3 is 2.53 bits per heavy atom. The van der Waals surface area contributed by atoms with Crippen LogP contribution >= 0.6 is 11.8 Å². The number of hydrogen-bond donors (Lipinski definition) is 2. The van der Waals surface area contributed by atoms with E-state index in [1.54, 1.807) is 16.7 Å². The van der Waals surface area contributed by atoms with Crippen LogP contribution in [0.15, 0.2) is 0 Å². The molecule has 17 heavy (non-hydrogen) atoms. The molecule has 1 aliphatic rings. The van der Waals surface area contributed by atoms with Gasteiger partial charge in [0.15, 0.2) is 0 Å². The number of nitrogens with one attached hydrogen (secondary N) is 1. The summed E-state index contributed by atoms with van der Waals surface area (Å²) in [6.07, 6.45) is 3.11. The van der Waals surface area contributed by atoms with Crippen LogP contribution in [-0.4, -0.2) is 53.1 Å². The summed E-state index contributed by atoms with van der Waals surface area (Å²) in [7, 11) is 0. The molecule has 6 heteroatoms. The normalized spacial score (nSPS) is 18.8. The van der Waals surface area contributed by atoms with Crippen molar-refractivity contribution in [3.05, 3.63) is 0 Å². The van der Waals surface area contributed by atoms with Crippen LogP contribution in [0.2, 0.25) is 0 Å². The maximum atomic E-state index is 11.8. The zero-order valence-electron chi connectivity index (χ0n) is 10.3. The first-order valence-electron chi connectivity index (χ1n) is 5.81. The van der Waals surface area contributed by atoms with Gasteiger partial charge in [-0.15, -0.1) is 0 Å². The van der Waals surface area contributed by atoms with Gasteiger partial charge in [-0.1, -0.05) is 0 Å². The number of thioether (sulfide) groups is 1. The number of hydrogen-bond acceptors (Lipinski definition) is 3. The van der Waals surface area contributed by atoms with Crippen molar-refractivity contribution in [3.63, 3.8) is 0 Å². The fourth-order valence-electron chi connectivity index (χ4n) is 1.92. The number of rotatable bonds is 4. The van der Waals surface area contributed by atoms with Crippen molar-refractivity contribution in [1.82, 2.24) is 10.2 Å². The van der Waals surface area contributed by atoms with Crippen molar-refractivity contribution in [3.8, 4) is 0 Å². The number of piperidine rings is 1. The minimum absolute atomic E-state index is 0.0737. The largest absolute Gasteiger partial charge is 0.481 e. The topological polar surface area (TPSA) is 69.6 Å². The molecule has 0 saturated carbocycles. The number of carboxylic acid groups (broad SMARTS) is 1. The Bertz CT molecular complexity index is 278.